The minimum absolute atomic E-state index is 0. The van der Waals surface area contributed by atoms with E-state index in [9.17, 15) is 0 Å². The van der Waals surface area contributed by atoms with E-state index in [-0.39, 0.29) is 17.1 Å². The van der Waals surface area contributed by atoms with Crippen molar-refractivity contribution in [2.24, 2.45) is 0 Å². The average Bonchev–Trinajstić information content (AvgIpc) is 2.40. The molecule has 0 unspecified atom stereocenters. The van der Waals surface area contributed by atoms with Crippen molar-refractivity contribution >= 4 is 21.8 Å². The molecule has 2 nitrogen and oxygen atoms in total. The maximum Gasteiger partial charge on any atom is 1.00 e. The molecule has 1 aromatic carbocycles. The summed E-state index contributed by atoms with van der Waals surface area (Å²) in [7, 11) is 0. The van der Waals surface area contributed by atoms with Crippen LogP contribution in [0.5, 0.6) is 0 Å². The molecule has 106 valence electrons. The number of nitrogens with zero attached hydrogens (tertiary/aromatic N) is 2. The Morgan fingerprint density at radius 1 is 0.750 bits per heavy atom. The van der Waals surface area contributed by atoms with Crippen molar-refractivity contribution in [3.63, 3.8) is 0 Å². The topological polar surface area (TPSA) is 25.8 Å². The zero-order valence-corrected chi connectivity index (χ0v) is 13.4. The number of pyridine rings is 2. The molecule has 0 N–H and O–H groups in total. The summed E-state index contributed by atoms with van der Waals surface area (Å²) in [6.07, 6.45) is 1.95. The van der Waals surface area contributed by atoms with Gasteiger partial charge in [-0.15, -0.1) is 0 Å². The third-order valence-electron chi connectivity index (χ3n) is 4.32. The van der Waals surface area contributed by atoms with Gasteiger partial charge in [-0.25, -0.2) is 0 Å². The third-order valence-corrected chi connectivity index (χ3v) is 4.32. The van der Waals surface area contributed by atoms with Gasteiger partial charge in [0.15, 0.2) is 0 Å². The van der Waals surface area contributed by atoms with Gasteiger partial charge in [0, 0.05) is 22.7 Å². The van der Waals surface area contributed by atoms with Gasteiger partial charge in [0.05, 0.1) is 11.0 Å². The molecular formula is C17H18CuN2+. The SMILES string of the molecule is Cc1cnc2c(ccc3c(C)c(C)c(C)nc32)c1C.[Cu+]. The molecule has 3 aromatic rings. The zero-order chi connectivity index (χ0) is 13.7. The number of aryl methyl sites for hydroxylation is 4. The van der Waals surface area contributed by atoms with Crippen molar-refractivity contribution in [1.29, 1.82) is 0 Å². The zero-order valence-electron chi connectivity index (χ0n) is 12.4. The molecule has 0 aliphatic heterocycles. The molecular weight excluding hydrogens is 296 g/mol. The van der Waals surface area contributed by atoms with E-state index in [2.05, 4.69) is 51.7 Å². The number of fused-ring (bicyclic) bond motifs is 3. The quantitative estimate of drug-likeness (QED) is 0.456. The van der Waals surface area contributed by atoms with Gasteiger partial charge >= 0.3 is 17.1 Å². The van der Waals surface area contributed by atoms with Crippen LogP contribution in [0.3, 0.4) is 0 Å². The second-order valence-corrected chi connectivity index (χ2v) is 5.37. The first-order chi connectivity index (χ1) is 9.00. The molecule has 0 fully saturated rings. The van der Waals surface area contributed by atoms with Crippen molar-refractivity contribution in [3.05, 3.63) is 46.3 Å². The summed E-state index contributed by atoms with van der Waals surface area (Å²) < 4.78 is 0. The van der Waals surface area contributed by atoms with Gasteiger partial charge in [-0.3, -0.25) is 9.97 Å². The van der Waals surface area contributed by atoms with Crippen LogP contribution in [0.1, 0.15) is 27.9 Å². The summed E-state index contributed by atoms with van der Waals surface area (Å²) in [4.78, 5) is 9.39. The molecule has 0 aliphatic rings. The summed E-state index contributed by atoms with van der Waals surface area (Å²) in [5, 5.41) is 2.43. The molecule has 0 saturated carbocycles. The molecule has 20 heavy (non-hydrogen) atoms. The molecule has 0 aliphatic carbocycles. The first kappa shape index (κ1) is 15.0. The predicted octanol–water partition coefficient (Wildman–Crippen LogP) is 4.32. The minimum atomic E-state index is 0. The molecule has 3 heteroatoms. The number of hydrogen-bond acceptors (Lipinski definition) is 2. The van der Waals surface area contributed by atoms with E-state index in [0.29, 0.717) is 0 Å². The van der Waals surface area contributed by atoms with Crippen LogP contribution in [-0.4, -0.2) is 9.97 Å². The van der Waals surface area contributed by atoms with Gasteiger partial charge in [0.2, 0.25) is 0 Å². The summed E-state index contributed by atoms with van der Waals surface area (Å²) in [6.45, 7) is 10.6. The van der Waals surface area contributed by atoms with Crippen LogP contribution >= 0.6 is 0 Å². The molecule has 0 saturated heterocycles. The largest absolute Gasteiger partial charge is 1.00 e. The second-order valence-electron chi connectivity index (χ2n) is 5.37. The Morgan fingerprint density at radius 2 is 1.35 bits per heavy atom. The Morgan fingerprint density at radius 3 is 2.00 bits per heavy atom. The van der Waals surface area contributed by atoms with E-state index in [1.165, 1.54) is 33.0 Å². The maximum absolute atomic E-state index is 4.77. The van der Waals surface area contributed by atoms with E-state index in [1.807, 2.05) is 6.20 Å². The third kappa shape index (κ3) is 2.02. The summed E-state index contributed by atoms with van der Waals surface area (Å²) in [5.74, 6) is 0. The van der Waals surface area contributed by atoms with Crippen molar-refractivity contribution in [2.75, 3.05) is 0 Å². The van der Waals surface area contributed by atoms with Crippen molar-refractivity contribution in [1.82, 2.24) is 9.97 Å². The van der Waals surface area contributed by atoms with Gasteiger partial charge in [-0.1, -0.05) is 12.1 Å². The predicted molar refractivity (Wildman–Crippen MR) is 80.7 cm³/mol. The number of benzene rings is 1. The van der Waals surface area contributed by atoms with Gasteiger partial charge in [0.25, 0.3) is 0 Å². The van der Waals surface area contributed by atoms with Crippen LogP contribution in [0.15, 0.2) is 18.3 Å². The van der Waals surface area contributed by atoms with Crippen molar-refractivity contribution in [3.8, 4) is 0 Å². The number of hydrogen-bond donors (Lipinski definition) is 0. The van der Waals surface area contributed by atoms with Gasteiger partial charge in [0.1, 0.15) is 0 Å². The van der Waals surface area contributed by atoms with E-state index in [4.69, 9.17) is 4.98 Å². The Balaban J connectivity index is 0.00000147. The fraction of sp³-hybridized carbons (Fsp3) is 0.294. The standard InChI is InChI=1S/C17H18N2.Cu/c1-9-8-18-16-14(10(9)2)6-7-15-12(4)11(3)13(5)19-17(15)16;/h6-8H,1-5H3;/q;+1. The molecule has 0 atom stereocenters. The molecule has 2 aromatic heterocycles. The Kier molecular flexibility index (Phi) is 3.86. The van der Waals surface area contributed by atoms with E-state index < -0.39 is 0 Å². The van der Waals surface area contributed by atoms with Crippen LogP contribution < -0.4 is 0 Å². The monoisotopic (exact) mass is 313 g/mol. The Labute approximate surface area is 130 Å². The fourth-order valence-electron chi connectivity index (χ4n) is 2.62. The van der Waals surface area contributed by atoms with E-state index in [0.717, 1.165) is 16.7 Å². The van der Waals surface area contributed by atoms with E-state index >= 15 is 0 Å². The van der Waals surface area contributed by atoms with E-state index in [1.54, 1.807) is 0 Å². The first-order valence-corrected chi connectivity index (χ1v) is 6.63. The normalized spacial score (nSPS) is 10.8. The summed E-state index contributed by atoms with van der Waals surface area (Å²) in [6, 6.07) is 4.36. The van der Waals surface area contributed by atoms with Crippen LogP contribution in [0.4, 0.5) is 0 Å². The van der Waals surface area contributed by atoms with Gasteiger partial charge in [-0.05, 0) is 56.9 Å². The van der Waals surface area contributed by atoms with Crippen LogP contribution in [0.2, 0.25) is 0 Å². The Bertz CT molecular complexity index is 822. The van der Waals surface area contributed by atoms with Gasteiger partial charge < -0.3 is 0 Å². The molecule has 0 amide bonds. The molecule has 0 radical (unpaired) electrons. The Hall–Kier alpha value is -1.44. The average molecular weight is 314 g/mol. The summed E-state index contributed by atoms with van der Waals surface area (Å²) in [5.41, 5.74) is 8.25. The van der Waals surface area contributed by atoms with Crippen LogP contribution in [-0.2, 0) is 17.1 Å². The number of rotatable bonds is 0. The maximum atomic E-state index is 4.77. The first-order valence-electron chi connectivity index (χ1n) is 6.63. The molecule has 0 spiro atoms. The van der Waals surface area contributed by atoms with Crippen LogP contribution in [0, 0.1) is 34.6 Å². The smallest absolute Gasteiger partial charge is 0.254 e. The fourth-order valence-corrected chi connectivity index (χ4v) is 2.62. The van der Waals surface area contributed by atoms with Gasteiger partial charge in [-0.2, -0.15) is 0 Å². The van der Waals surface area contributed by atoms with Crippen molar-refractivity contribution in [2.45, 2.75) is 34.6 Å². The molecule has 3 rings (SSSR count). The number of aromatic nitrogens is 2. The summed E-state index contributed by atoms with van der Waals surface area (Å²) >= 11 is 0. The van der Waals surface area contributed by atoms with Crippen LogP contribution in [0.25, 0.3) is 21.8 Å². The van der Waals surface area contributed by atoms with Crippen molar-refractivity contribution < 1.29 is 17.1 Å². The molecule has 0 bridgehead atoms. The molecule has 2 heterocycles. The minimum Gasteiger partial charge on any atom is -0.254 e. The second kappa shape index (κ2) is 5.16.